The van der Waals surface area contributed by atoms with Crippen molar-refractivity contribution in [3.8, 4) is 0 Å². The summed E-state index contributed by atoms with van der Waals surface area (Å²) >= 11 is 0. The van der Waals surface area contributed by atoms with Crippen LogP contribution in [-0.2, 0) is 12.8 Å². The molecule has 0 spiro atoms. The number of rotatable bonds is 7. The van der Waals surface area contributed by atoms with Crippen molar-refractivity contribution in [2.75, 3.05) is 0 Å². The predicted molar refractivity (Wildman–Crippen MR) is 210 cm³/mol. The van der Waals surface area contributed by atoms with Gasteiger partial charge in [-0.05, 0) is 96.5 Å². The lowest BCUT2D eigenvalue weighted by molar-refractivity contribution is 0.635. The van der Waals surface area contributed by atoms with Crippen molar-refractivity contribution < 1.29 is 0 Å². The lowest BCUT2D eigenvalue weighted by Gasteiger charge is -2.02. The lowest BCUT2D eigenvalue weighted by Crippen LogP contribution is -1.95. The van der Waals surface area contributed by atoms with Crippen LogP contribution in [-0.4, -0.2) is 29.9 Å². The molecule has 5 heterocycles. The first-order valence-corrected chi connectivity index (χ1v) is 17.3. The van der Waals surface area contributed by atoms with Gasteiger partial charge in [-0.2, -0.15) is 0 Å². The van der Waals surface area contributed by atoms with Crippen molar-refractivity contribution in [2.24, 2.45) is 11.8 Å². The Labute approximate surface area is 299 Å². The molecule has 0 aromatic carbocycles. The zero-order valence-corrected chi connectivity index (χ0v) is 31.4. The van der Waals surface area contributed by atoms with Gasteiger partial charge in [0.25, 0.3) is 0 Å². The monoisotopic (exact) mass is 665 g/mol. The van der Waals surface area contributed by atoms with Gasteiger partial charge >= 0.3 is 0 Å². The van der Waals surface area contributed by atoms with Crippen LogP contribution in [0, 0.1) is 18.8 Å². The largest absolute Gasteiger partial charge is 0.264 e. The molecule has 0 unspecified atom stereocenters. The van der Waals surface area contributed by atoms with E-state index in [9.17, 15) is 0 Å². The average Bonchev–Trinajstić information content (AvgIpc) is 3.07. The number of nitrogens with zero attached hydrogens (tertiary/aromatic N) is 6. The van der Waals surface area contributed by atoms with Gasteiger partial charge in [0.1, 0.15) is 5.82 Å². The minimum Gasteiger partial charge on any atom is -0.264 e. The second-order valence-corrected chi connectivity index (χ2v) is 13.5. The quantitative estimate of drug-likeness (QED) is 0.172. The summed E-state index contributed by atoms with van der Waals surface area (Å²) in [6, 6.07) is 20.2. The van der Waals surface area contributed by atoms with Gasteiger partial charge in [0.15, 0.2) is 0 Å². The number of hydrogen-bond acceptors (Lipinski definition) is 6. The Bertz CT molecular complexity index is 1330. The maximum Gasteiger partial charge on any atom is 0.130 e. The van der Waals surface area contributed by atoms with Gasteiger partial charge in [0.05, 0.1) is 0 Å². The summed E-state index contributed by atoms with van der Waals surface area (Å²) < 4.78 is 0. The number of aromatic nitrogens is 6. The first kappa shape index (κ1) is 44.7. The molecule has 0 aliphatic rings. The van der Waals surface area contributed by atoms with E-state index in [0.717, 1.165) is 30.3 Å². The highest BCUT2D eigenvalue weighted by molar-refractivity contribution is 5.16. The van der Waals surface area contributed by atoms with Gasteiger partial charge in [0, 0.05) is 66.9 Å². The molecule has 0 saturated carbocycles. The highest BCUT2D eigenvalue weighted by atomic mass is 14.9. The molecule has 0 bridgehead atoms. The average molecular weight is 665 g/mol. The normalized spacial score (nSPS) is 10.0. The fourth-order valence-electron chi connectivity index (χ4n) is 4.07. The minimum atomic E-state index is 0. The van der Waals surface area contributed by atoms with Crippen LogP contribution in [0.25, 0.3) is 0 Å². The van der Waals surface area contributed by atoms with E-state index in [1.807, 2.05) is 68.2 Å². The van der Waals surface area contributed by atoms with Crippen molar-refractivity contribution in [3.05, 3.63) is 144 Å². The minimum absolute atomic E-state index is 0. The number of pyridine rings is 4. The van der Waals surface area contributed by atoms with Crippen molar-refractivity contribution in [2.45, 2.75) is 114 Å². The highest BCUT2D eigenvalue weighted by Gasteiger charge is 1.99. The molecule has 0 N–H and O–H groups in total. The smallest absolute Gasteiger partial charge is 0.130 e. The van der Waals surface area contributed by atoms with Gasteiger partial charge in [-0.15, -0.1) is 0 Å². The lowest BCUT2D eigenvalue weighted by atomic mass is 10.1. The molecule has 0 radical (unpaired) electrons. The second-order valence-electron chi connectivity index (χ2n) is 13.5. The van der Waals surface area contributed by atoms with Gasteiger partial charge in [-0.1, -0.05) is 101 Å². The summed E-state index contributed by atoms with van der Waals surface area (Å²) in [6.45, 7) is 23.7. The van der Waals surface area contributed by atoms with E-state index in [-0.39, 0.29) is 7.43 Å². The fraction of sp³-hybridized carbons (Fsp3) is 0.442. The zero-order chi connectivity index (χ0) is 35.7. The molecule has 0 saturated heterocycles. The predicted octanol–water partition coefficient (Wildman–Crippen LogP) is 11.5. The van der Waals surface area contributed by atoms with E-state index in [4.69, 9.17) is 0 Å². The van der Waals surface area contributed by atoms with Crippen molar-refractivity contribution >= 4 is 0 Å². The topological polar surface area (TPSA) is 77.3 Å². The van der Waals surface area contributed by atoms with Crippen molar-refractivity contribution in [1.29, 1.82) is 0 Å². The molecule has 6 nitrogen and oxygen atoms in total. The van der Waals surface area contributed by atoms with E-state index in [2.05, 4.69) is 129 Å². The van der Waals surface area contributed by atoms with E-state index in [1.54, 1.807) is 18.6 Å². The summed E-state index contributed by atoms with van der Waals surface area (Å²) in [6.07, 6.45) is 17.0. The maximum absolute atomic E-state index is 4.22. The molecule has 0 fully saturated rings. The summed E-state index contributed by atoms with van der Waals surface area (Å²) in [5.41, 5.74) is 6.22. The van der Waals surface area contributed by atoms with Gasteiger partial charge < -0.3 is 0 Å². The van der Waals surface area contributed by atoms with Crippen LogP contribution < -0.4 is 0 Å². The molecule has 49 heavy (non-hydrogen) atoms. The molecular formula is C43H64N6. The third kappa shape index (κ3) is 22.8. The third-order valence-electron chi connectivity index (χ3n) is 6.76. The molecular weight excluding hydrogens is 601 g/mol. The highest BCUT2D eigenvalue weighted by Crippen LogP contribution is 2.12. The SMILES string of the molecule is C.CC(C)Cc1ccccn1.CC(C)Cc1cccnc1.CC(C)c1cccnc1.CC(C)c1ncccn1.Cc1ccc(C(C)C)cn1. The Hall–Kier alpha value is -4.32. The van der Waals surface area contributed by atoms with Crippen molar-refractivity contribution in [3.63, 3.8) is 0 Å². The Balaban J connectivity index is 0.000000585. The van der Waals surface area contributed by atoms with Crippen LogP contribution in [0.3, 0.4) is 0 Å². The second kappa shape index (κ2) is 26.6. The van der Waals surface area contributed by atoms with Gasteiger partial charge in [0.2, 0.25) is 0 Å². The van der Waals surface area contributed by atoms with Crippen LogP contribution in [0.5, 0.6) is 0 Å². The Kier molecular flexibility index (Phi) is 24.3. The third-order valence-corrected chi connectivity index (χ3v) is 6.76. The van der Waals surface area contributed by atoms with Crippen LogP contribution >= 0.6 is 0 Å². The van der Waals surface area contributed by atoms with E-state index >= 15 is 0 Å². The van der Waals surface area contributed by atoms with Crippen LogP contribution in [0.15, 0.2) is 110 Å². The summed E-state index contributed by atoms with van der Waals surface area (Å²) in [5, 5.41) is 0. The first-order valence-electron chi connectivity index (χ1n) is 17.3. The molecule has 0 aliphatic heterocycles. The first-order chi connectivity index (χ1) is 22.9. The van der Waals surface area contributed by atoms with E-state index < -0.39 is 0 Å². The Morgan fingerprint density at radius 2 is 1.04 bits per heavy atom. The van der Waals surface area contributed by atoms with Crippen LogP contribution in [0.4, 0.5) is 0 Å². The van der Waals surface area contributed by atoms with Crippen LogP contribution in [0.2, 0.25) is 0 Å². The maximum atomic E-state index is 4.22. The van der Waals surface area contributed by atoms with Crippen molar-refractivity contribution in [1.82, 2.24) is 29.9 Å². The standard InChI is InChI=1S/3C9H13N.C8H11N.C7H10N2.CH4/c1-7(2)9-5-4-8(3)10-6-9;1-8(2)6-9-4-3-5-10-7-9;1-8(2)7-9-5-3-4-6-10-9;1-7(2)8-4-3-5-9-6-8;1-6(2)7-8-4-3-5-9-7;/h4-7H,1-3H3;3-5,7-8H,6H2,1-2H3;3-6,8H,7H2,1-2H3;3-7H,1-2H3;3-6H,1-2H3;1H4. The molecule has 266 valence electrons. The Morgan fingerprint density at radius 1 is 0.469 bits per heavy atom. The Morgan fingerprint density at radius 3 is 1.43 bits per heavy atom. The summed E-state index contributed by atoms with van der Waals surface area (Å²) in [5.74, 6) is 3.97. The zero-order valence-electron chi connectivity index (χ0n) is 31.4. The molecule has 0 amide bonds. The molecule has 0 atom stereocenters. The summed E-state index contributed by atoms with van der Waals surface area (Å²) in [4.78, 5) is 24.6. The molecule has 0 aliphatic carbocycles. The number of aryl methyl sites for hydroxylation is 1. The van der Waals surface area contributed by atoms with E-state index in [0.29, 0.717) is 23.7 Å². The van der Waals surface area contributed by atoms with Gasteiger partial charge in [-0.3, -0.25) is 19.9 Å². The fourth-order valence-corrected chi connectivity index (χ4v) is 4.07. The van der Waals surface area contributed by atoms with E-state index in [1.165, 1.54) is 22.4 Å². The summed E-state index contributed by atoms with van der Waals surface area (Å²) in [7, 11) is 0. The molecule has 5 rings (SSSR count). The molecule has 5 aromatic heterocycles. The molecule has 6 heteroatoms. The number of hydrogen-bond donors (Lipinski definition) is 0. The van der Waals surface area contributed by atoms with Gasteiger partial charge in [-0.25, -0.2) is 9.97 Å². The van der Waals surface area contributed by atoms with Crippen LogP contribution in [0.1, 0.15) is 128 Å². The molecule has 5 aromatic rings.